The molecule has 29 heavy (non-hydrogen) atoms. The third kappa shape index (κ3) is 25.4. The molecule has 3 nitrogen and oxygen atoms in total. The largest absolute Gasteiger partial charge is 0.463 e. The number of unbranched alkanes of at least 4 members (excludes halogenated alkanes) is 17. The molecule has 0 spiro atoms. The summed E-state index contributed by atoms with van der Waals surface area (Å²) in [4.78, 5) is 11.7. The van der Waals surface area contributed by atoms with Crippen LogP contribution in [-0.2, 0) is 14.3 Å². The lowest BCUT2D eigenvalue weighted by atomic mass is 10.1. The van der Waals surface area contributed by atoms with Gasteiger partial charge < -0.3 is 9.47 Å². The van der Waals surface area contributed by atoms with E-state index in [-0.39, 0.29) is 5.97 Å². The van der Waals surface area contributed by atoms with E-state index in [9.17, 15) is 4.79 Å². The predicted octanol–water partition coefficient (Wildman–Crippen LogP) is 8.39. The fraction of sp³-hybridized carbons (Fsp3) is 0.962. The quantitative estimate of drug-likeness (QED) is 0.118. The number of esters is 1. The smallest absolute Gasteiger partial charge is 0.305 e. The number of hydrogen-bond acceptors (Lipinski definition) is 3. The second kappa shape index (κ2) is 25.5. The first-order chi connectivity index (χ1) is 14.3. The second-order valence-electron chi connectivity index (χ2n) is 8.59. The molecule has 0 bridgehead atoms. The van der Waals surface area contributed by atoms with Gasteiger partial charge in [0.15, 0.2) is 0 Å². The average molecular weight is 413 g/mol. The minimum atomic E-state index is -0.0597. The fourth-order valence-corrected chi connectivity index (χ4v) is 3.66. The van der Waals surface area contributed by atoms with E-state index in [1.807, 2.05) is 0 Å². The summed E-state index contributed by atoms with van der Waals surface area (Å²) in [6.45, 7) is 6.27. The zero-order valence-electron chi connectivity index (χ0n) is 20.0. The van der Waals surface area contributed by atoms with E-state index in [2.05, 4.69) is 13.8 Å². The molecule has 0 N–H and O–H groups in total. The van der Waals surface area contributed by atoms with Crippen LogP contribution in [0.2, 0.25) is 0 Å². The van der Waals surface area contributed by atoms with Gasteiger partial charge >= 0.3 is 5.97 Å². The minimum Gasteiger partial charge on any atom is -0.463 e. The Morgan fingerprint density at radius 3 is 1.38 bits per heavy atom. The molecule has 0 atom stereocenters. The van der Waals surface area contributed by atoms with Crippen molar-refractivity contribution < 1.29 is 14.3 Å². The standard InChI is InChI=1S/C26H52O3/c1-3-5-7-9-11-13-15-17-19-21-23-28-24-25-29-26(27)22-20-18-16-14-12-10-8-6-4-2/h3-25H2,1-2H3. The van der Waals surface area contributed by atoms with Gasteiger partial charge in [-0.1, -0.05) is 123 Å². The van der Waals surface area contributed by atoms with Crippen molar-refractivity contribution >= 4 is 5.97 Å². The lowest BCUT2D eigenvalue weighted by Gasteiger charge is -2.07. The molecule has 0 aliphatic heterocycles. The van der Waals surface area contributed by atoms with Gasteiger partial charge in [-0.05, 0) is 12.8 Å². The van der Waals surface area contributed by atoms with E-state index < -0.39 is 0 Å². The summed E-state index contributed by atoms with van der Waals surface area (Å²) >= 11 is 0. The maximum atomic E-state index is 11.7. The number of ether oxygens (including phenoxy) is 2. The van der Waals surface area contributed by atoms with Crippen molar-refractivity contribution in [3.05, 3.63) is 0 Å². The first-order valence-corrected chi connectivity index (χ1v) is 13.0. The van der Waals surface area contributed by atoms with Crippen LogP contribution in [-0.4, -0.2) is 25.8 Å². The summed E-state index contributed by atoms with van der Waals surface area (Å²) in [6, 6.07) is 0. The van der Waals surface area contributed by atoms with E-state index in [1.54, 1.807) is 0 Å². The first kappa shape index (κ1) is 28.4. The van der Waals surface area contributed by atoms with E-state index in [1.165, 1.54) is 103 Å². The second-order valence-corrected chi connectivity index (χ2v) is 8.59. The number of rotatable bonds is 24. The molecule has 0 aromatic rings. The summed E-state index contributed by atoms with van der Waals surface area (Å²) in [5, 5.41) is 0. The summed E-state index contributed by atoms with van der Waals surface area (Å²) in [7, 11) is 0. The Labute approximate surface area is 182 Å². The van der Waals surface area contributed by atoms with Crippen LogP contribution in [0.25, 0.3) is 0 Å². The van der Waals surface area contributed by atoms with Gasteiger partial charge in [0.2, 0.25) is 0 Å². The van der Waals surface area contributed by atoms with Crippen LogP contribution in [0.5, 0.6) is 0 Å². The summed E-state index contributed by atoms with van der Waals surface area (Å²) in [6.07, 6.45) is 25.4. The predicted molar refractivity (Wildman–Crippen MR) is 125 cm³/mol. The Hall–Kier alpha value is -0.570. The van der Waals surface area contributed by atoms with Crippen LogP contribution in [0.1, 0.15) is 142 Å². The zero-order chi connectivity index (χ0) is 21.3. The van der Waals surface area contributed by atoms with Crippen molar-refractivity contribution in [1.82, 2.24) is 0 Å². The number of carbonyl (C=O) groups is 1. The lowest BCUT2D eigenvalue weighted by Crippen LogP contribution is -2.10. The molecular formula is C26H52O3. The Balaban J connectivity index is 3.13. The van der Waals surface area contributed by atoms with E-state index in [0.717, 1.165) is 25.9 Å². The highest BCUT2D eigenvalue weighted by Gasteiger charge is 2.02. The summed E-state index contributed by atoms with van der Waals surface area (Å²) < 4.78 is 10.8. The summed E-state index contributed by atoms with van der Waals surface area (Å²) in [5.41, 5.74) is 0. The number of carbonyl (C=O) groups excluding carboxylic acids is 1. The molecular weight excluding hydrogens is 360 g/mol. The van der Waals surface area contributed by atoms with Gasteiger partial charge in [0, 0.05) is 13.0 Å². The third-order valence-corrected chi connectivity index (χ3v) is 5.62. The van der Waals surface area contributed by atoms with Crippen LogP contribution in [0.4, 0.5) is 0 Å². The monoisotopic (exact) mass is 412 g/mol. The van der Waals surface area contributed by atoms with Crippen molar-refractivity contribution in [3.8, 4) is 0 Å². The van der Waals surface area contributed by atoms with Crippen molar-refractivity contribution in [2.24, 2.45) is 0 Å². The van der Waals surface area contributed by atoms with Crippen LogP contribution < -0.4 is 0 Å². The van der Waals surface area contributed by atoms with Gasteiger partial charge in [0.05, 0.1) is 6.61 Å². The fourth-order valence-electron chi connectivity index (χ4n) is 3.66. The van der Waals surface area contributed by atoms with Crippen LogP contribution in [0.15, 0.2) is 0 Å². The van der Waals surface area contributed by atoms with Gasteiger partial charge in [-0.2, -0.15) is 0 Å². The molecule has 0 fully saturated rings. The number of hydrogen-bond donors (Lipinski definition) is 0. The van der Waals surface area contributed by atoms with Crippen molar-refractivity contribution in [2.75, 3.05) is 19.8 Å². The van der Waals surface area contributed by atoms with Gasteiger partial charge in [-0.15, -0.1) is 0 Å². The maximum absolute atomic E-state index is 11.7. The highest BCUT2D eigenvalue weighted by molar-refractivity contribution is 5.69. The Bertz CT molecular complexity index is 317. The molecule has 0 saturated carbocycles. The molecule has 0 aliphatic carbocycles. The molecule has 0 aromatic carbocycles. The third-order valence-electron chi connectivity index (χ3n) is 5.62. The molecule has 0 amide bonds. The Morgan fingerprint density at radius 2 is 0.897 bits per heavy atom. The maximum Gasteiger partial charge on any atom is 0.305 e. The van der Waals surface area contributed by atoms with E-state index >= 15 is 0 Å². The van der Waals surface area contributed by atoms with Crippen molar-refractivity contribution in [2.45, 2.75) is 142 Å². The van der Waals surface area contributed by atoms with Gasteiger partial charge in [-0.25, -0.2) is 0 Å². The molecule has 0 radical (unpaired) electrons. The van der Waals surface area contributed by atoms with Gasteiger partial charge in [0.1, 0.15) is 6.61 Å². The van der Waals surface area contributed by atoms with Crippen LogP contribution >= 0.6 is 0 Å². The molecule has 0 heterocycles. The molecule has 0 saturated heterocycles. The normalized spacial score (nSPS) is 11.1. The topological polar surface area (TPSA) is 35.5 Å². The van der Waals surface area contributed by atoms with Crippen molar-refractivity contribution in [3.63, 3.8) is 0 Å². The van der Waals surface area contributed by atoms with Crippen molar-refractivity contribution in [1.29, 1.82) is 0 Å². The van der Waals surface area contributed by atoms with E-state index in [0.29, 0.717) is 19.6 Å². The van der Waals surface area contributed by atoms with E-state index in [4.69, 9.17) is 9.47 Å². The van der Waals surface area contributed by atoms with Gasteiger partial charge in [-0.3, -0.25) is 4.79 Å². The minimum absolute atomic E-state index is 0.0597. The summed E-state index contributed by atoms with van der Waals surface area (Å²) in [5.74, 6) is -0.0597. The highest BCUT2D eigenvalue weighted by atomic mass is 16.6. The zero-order valence-corrected chi connectivity index (χ0v) is 20.0. The van der Waals surface area contributed by atoms with Crippen LogP contribution in [0.3, 0.4) is 0 Å². The molecule has 0 rings (SSSR count). The molecule has 174 valence electrons. The molecule has 0 aliphatic rings. The average Bonchev–Trinajstić information content (AvgIpc) is 2.72. The molecule has 3 heteroatoms. The van der Waals surface area contributed by atoms with Crippen LogP contribution in [0, 0.1) is 0 Å². The Morgan fingerprint density at radius 1 is 0.483 bits per heavy atom. The molecule has 0 unspecified atom stereocenters. The SMILES string of the molecule is CCCCCCCCCCCCOCCOC(=O)CCCCCCCCCCC. The molecule has 0 aromatic heterocycles. The lowest BCUT2D eigenvalue weighted by molar-refractivity contribution is -0.145. The van der Waals surface area contributed by atoms with Gasteiger partial charge in [0.25, 0.3) is 0 Å². The first-order valence-electron chi connectivity index (χ1n) is 13.0. The Kier molecular flexibility index (Phi) is 25.0. The highest BCUT2D eigenvalue weighted by Crippen LogP contribution is 2.11.